The summed E-state index contributed by atoms with van der Waals surface area (Å²) in [5, 5.41) is 1.22. The average molecular weight is 297 g/mol. The number of fused-ring (bicyclic) bond motifs is 1. The van der Waals surface area contributed by atoms with E-state index in [-0.39, 0.29) is 0 Å². The number of carbonyl (C=O) groups excluding carboxylic acids is 1. The fourth-order valence-electron chi connectivity index (χ4n) is 4.28. The van der Waals surface area contributed by atoms with Crippen molar-refractivity contribution in [3.8, 4) is 0 Å². The van der Waals surface area contributed by atoms with E-state index in [2.05, 4.69) is 36.0 Å². The molecular weight excluding hydrogens is 274 g/mol. The lowest BCUT2D eigenvalue weighted by Gasteiger charge is -2.52. The number of pyridine rings is 1. The van der Waals surface area contributed by atoms with E-state index < -0.39 is 0 Å². The highest BCUT2D eigenvalue weighted by Gasteiger charge is 2.44. The fourth-order valence-corrected chi connectivity index (χ4v) is 4.28. The third kappa shape index (κ3) is 2.31. The van der Waals surface area contributed by atoms with E-state index in [0.29, 0.717) is 5.41 Å². The maximum absolute atomic E-state index is 10.7. The van der Waals surface area contributed by atoms with Crippen molar-refractivity contribution >= 4 is 17.4 Å². The van der Waals surface area contributed by atoms with Crippen LogP contribution in [0.4, 0.5) is 0 Å². The van der Waals surface area contributed by atoms with Gasteiger partial charge in [0, 0.05) is 42.8 Å². The smallest absolute Gasteiger partial charge is 0.209 e. The number of aromatic nitrogens is 2. The SMILES string of the molecule is Cn1ccc2ccc(CC3CCC4(CC3)CN(C=O)C4)nc21. The van der Waals surface area contributed by atoms with Gasteiger partial charge >= 0.3 is 0 Å². The van der Waals surface area contributed by atoms with Gasteiger partial charge < -0.3 is 9.47 Å². The summed E-state index contributed by atoms with van der Waals surface area (Å²) in [6.45, 7) is 1.97. The van der Waals surface area contributed by atoms with Crippen molar-refractivity contribution < 1.29 is 4.79 Å². The van der Waals surface area contributed by atoms with Gasteiger partial charge in [0.15, 0.2) is 0 Å². The van der Waals surface area contributed by atoms with Gasteiger partial charge in [-0.05, 0) is 56.2 Å². The first-order chi connectivity index (χ1) is 10.7. The highest BCUT2D eigenvalue weighted by Crippen LogP contribution is 2.45. The average Bonchev–Trinajstić information content (AvgIpc) is 2.87. The number of hydrogen-bond donors (Lipinski definition) is 0. The second-order valence-electron chi connectivity index (χ2n) is 7.30. The Morgan fingerprint density at radius 3 is 2.77 bits per heavy atom. The van der Waals surface area contributed by atoms with Crippen LogP contribution < -0.4 is 0 Å². The molecule has 1 aliphatic heterocycles. The van der Waals surface area contributed by atoms with Crippen LogP contribution in [0.15, 0.2) is 24.4 Å². The van der Waals surface area contributed by atoms with E-state index in [1.807, 2.05) is 4.90 Å². The van der Waals surface area contributed by atoms with E-state index in [1.165, 1.54) is 36.8 Å². The van der Waals surface area contributed by atoms with Gasteiger partial charge in [-0.15, -0.1) is 0 Å². The first kappa shape index (κ1) is 13.8. The normalized spacial score (nSPS) is 21.2. The molecule has 4 rings (SSSR count). The first-order valence-electron chi connectivity index (χ1n) is 8.28. The van der Waals surface area contributed by atoms with Gasteiger partial charge in [0.25, 0.3) is 0 Å². The summed E-state index contributed by atoms with van der Waals surface area (Å²) in [4.78, 5) is 17.5. The quantitative estimate of drug-likeness (QED) is 0.817. The number of aryl methyl sites for hydroxylation is 1. The monoisotopic (exact) mass is 297 g/mol. The van der Waals surface area contributed by atoms with Gasteiger partial charge in [-0.1, -0.05) is 0 Å². The van der Waals surface area contributed by atoms with Gasteiger partial charge in [-0.3, -0.25) is 4.79 Å². The molecule has 0 N–H and O–H groups in total. The van der Waals surface area contributed by atoms with Crippen molar-refractivity contribution in [3.05, 3.63) is 30.1 Å². The zero-order valence-corrected chi connectivity index (χ0v) is 13.2. The molecule has 0 unspecified atom stereocenters. The van der Waals surface area contributed by atoms with Crippen LogP contribution in [0.5, 0.6) is 0 Å². The topological polar surface area (TPSA) is 38.1 Å². The summed E-state index contributed by atoms with van der Waals surface area (Å²) in [6, 6.07) is 6.49. The van der Waals surface area contributed by atoms with Crippen LogP contribution in [0.3, 0.4) is 0 Å². The fraction of sp³-hybridized carbons (Fsp3) is 0.556. The Morgan fingerprint density at radius 2 is 2.05 bits per heavy atom. The third-order valence-corrected chi connectivity index (χ3v) is 5.66. The second kappa shape index (κ2) is 5.11. The third-order valence-electron chi connectivity index (χ3n) is 5.66. The van der Waals surface area contributed by atoms with E-state index in [9.17, 15) is 4.79 Å². The summed E-state index contributed by atoms with van der Waals surface area (Å²) in [7, 11) is 2.05. The lowest BCUT2D eigenvalue weighted by molar-refractivity contribution is -0.132. The van der Waals surface area contributed by atoms with Crippen molar-refractivity contribution in [1.82, 2.24) is 14.5 Å². The van der Waals surface area contributed by atoms with Crippen LogP contribution in [0.25, 0.3) is 11.0 Å². The van der Waals surface area contributed by atoms with Gasteiger partial charge in [0.05, 0.1) is 0 Å². The van der Waals surface area contributed by atoms with E-state index in [4.69, 9.17) is 4.98 Å². The van der Waals surface area contributed by atoms with Crippen LogP contribution >= 0.6 is 0 Å². The highest BCUT2D eigenvalue weighted by atomic mass is 16.1. The van der Waals surface area contributed by atoms with Crippen LogP contribution in [0.2, 0.25) is 0 Å². The molecule has 1 aliphatic carbocycles. The molecule has 0 radical (unpaired) electrons. The predicted octanol–water partition coefficient (Wildman–Crippen LogP) is 2.76. The van der Waals surface area contributed by atoms with Crippen molar-refractivity contribution in [1.29, 1.82) is 0 Å². The second-order valence-corrected chi connectivity index (χ2v) is 7.30. The summed E-state index contributed by atoms with van der Waals surface area (Å²) < 4.78 is 2.09. The molecule has 4 heteroatoms. The van der Waals surface area contributed by atoms with Crippen LogP contribution in [0.1, 0.15) is 31.4 Å². The zero-order valence-electron chi connectivity index (χ0n) is 13.2. The molecule has 1 spiro atoms. The highest BCUT2D eigenvalue weighted by molar-refractivity contribution is 5.76. The van der Waals surface area contributed by atoms with Crippen molar-refractivity contribution in [2.24, 2.45) is 18.4 Å². The summed E-state index contributed by atoms with van der Waals surface area (Å²) in [6.07, 6.45) is 9.26. The minimum atomic E-state index is 0.451. The number of carbonyl (C=O) groups is 1. The molecule has 2 aliphatic rings. The van der Waals surface area contributed by atoms with Gasteiger partial charge in [-0.25, -0.2) is 4.98 Å². The van der Waals surface area contributed by atoms with E-state index >= 15 is 0 Å². The van der Waals surface area contributed by atoms with Crippen LogP contribution in [-0.4, -0.2) is 34.0 Å². The van der Waals surface area contributed by atoms with E-state index in [0.717, 1.165) is 37.5 Å². The molecule has 3 heterocycles. The van der Waals surface area contributed by atoms with Gasteiger partial charge in [-0.2, -0.15) is 0 Å². The predicted molar refractivity (Wildman–Crippen MR) is 86.4 cm³/mol. The van der Waals surface area contributed by atoms with Crippen LogP contribution in [-0.2, 0) is 18.3 Å². The first-order valence-corrected chi connectivity index (χ1v) is 8.28. The summed E-state index contributed by atoms with van der Waals surface area (Å²) in [5.41, 5.74) is 2.76. The number of likely N-dealkylation sites (tertiary alicyclic amines) is 1. The largest absolute Gasteiger partial charge is 0.344 e. The summed E-state index contributed by atoms with van der Waals surface area (Å²) in [5.74, 6) is 0.751. The number of nitrogens with zero attached hydrogens (tertiary/aromatic N) is 3. The zero-order chi connectivity index (χ0) is 15.2. The maximum Gasteiger partial charge on any atom is 0.209 e. The Balaban J connectivity index is 1.39. The van der Waals surface area contributed by atoms with Crippen molar-refractivity contribution in [3.63, 3.8) is 0 Å². The van der Waals surface area contributed by atoms with Crippen LogP contribution in [0, 0.1) is 11.3 Å². The molecule has 2 fully saturated rings. The Kier molecular flexibility index (Phi) is 3.21. The molecule has 1 saturated carbocycles. The molecule has 1 amide bonds. The lowest BCUT2D eigenvalue weighted by atomic mass is 9.65. The lowest BCUT2D eigenvalue weighted by Crippen LogP contribution is -2.56. The van der Waals surface area contributed by atoms with Gasteiger partial charge in [0.1, 0.15) is 5.65 Å². The maximum atomic E-state index is 10.7. The van der Waals surface area contributed by atoms with Gasteiger partial charge in [0.2, 0.25) is 6.41 Å². The molecule has 0 atom stereocenters. The Hall–Kier alpha value is -1.84. The minimum absolute atomic E-state index is 0.451. The summed E-state index contributed by atoms with van der Waals surface area (Å²) >= 11 is 0. The molecule has 4 nitrogen and oxygen atoms in total. The standard InChI is InChI=1S/C18H23N3O/c1-20-9-6-15-2-3-16(19-17(15)20)10-14-4-7-18(8-5-14)11-21(12-18)13-22/h2-3,6,9,13-14H,4-5,7-8,10-12H2,1H3. The molecule has 0 bridgehead atoms. The Bertz CT molecular complexity index is 689. The van der Waals surface area contributed by atoms with Crippen molar-refractivity contribution in [2.45, 2.75) is 32.1 Å². The molecule has 22 heavy (non-hydrogen) atoms. The van der Waals surface area contributed by atoms with Crippen molar-refractivity contribution in [2.75, 3.05) is 13.1 Å². The molecule has 2 aromatic rings. The number of amides is 1. The number of hydrogen-bond acceptors (Lipinski definition) is 2. The molecular formula is C18H23N3O. The molecule has 116 valence electrons. The molecule has 0 aromatic carbocycles. The molecule has 1 saturated heterocycles. The minimum Gasteiger partial charge on any atom is -0.344 e. The Labute approximate surface area is 131 Å². The van der Waals surface area contributed by atoms with E-state index in [1.54, 1.807) is 0 Å². The Morgan fingerprint density at radius 1 is 1.27 bits per heavy atom. The number of rotatable bonds is 3. The molecule has 2 aromatic heterocycles.